The average Bonchev–Trinajstić information content (AvgIpc) is 3.51. The predicted molar refractivity (Wildman–Crippen MR) is 114 cm³/mol. The first-order valence-electron chi connectivity index (χ1n) is 10.9. The fraction of sp³-hybridized carbons (Fsp3) is 0.708. The Kier molecular flexibility index (Phi) is 13.8. The van der Waals surface area contributed by atoms with Crippen LogP contribution in [0.25, 0.3) is 0 Å². The fourth-order valence-electron chi connectivity index (χ4n) is 3.22. The highest BCUT2D eigenvalue weighted by Crippen LogP contribution is 2.40. The highest BCUT2D eigenvalue weighted by atomic mass is 16.5. The molecule has 1 N–H and O–H groups in total. The Bertz CT molecular complexity index is 460. The number of ether oxygens (including phenoxy) is 1. The van der Waals surface area contributed by atoms with E-state index in [0.29, 0.717) is 18.8 Å². The third-order valence-corrected chi connectivity index (χ3v) is 5.14. The lowest BCUT2D eigenvalue weighted by atomic mass is 9.96. The number of allylic oxidation sites excluding steroid dienone is 4. The second-order valence-electron chi connectivity index (χ2n) is 7.67. The Hall–Kier alpha value is -1.35. The summed E-state index contributed by atoms with van der Waals surface area (Å²) < 4.78 is 4.61. The molecule has 0 aliphatic heterocycles. The Labute approximate surface area is 166 Å². The predicted octanol–water partition coefficient (Wildman–Crippen LogP) is 6.14. The number of unbranched alkanes of at least 4 members (excludes halogenated alkanes) is 4. The van der Waals surface area contributed by atoms with Crippen molar-refractivity contribution in [3.8, 4) is 0 Å². The molecule has 154 valence electrons. The first kappa shape index (κ1) is 23.7. The van der Waals surface area contributed by atoms with Crippen molar-refractivity contribution in [1.82, 2.24) is 0 Å². The molecule has 27 heavy (non-hydrogen) atoms. The standard InChI is InChI=1S/C24H40O3/c1-3-4-5-6-7-8-11-14-21(22-17-18-22)19-20-23(25)15-12-9-10-13-16-24(26)27-2/h7-9,12,19-23,25H,3-6,10-11,13-18H2,1-2H3/t21-,23+/m0/s1. The molecule has 0 heterocycles. The van der Waals surface area contributed by atoms with Gasteiger partial charge in [0.15, 0.2) is 0 Å². The molecule has 1 rings (SSSR count). The summed E-state index contributed by atoms with van der Waals surface area (Å²) in [6.07, 6.45) is 25.4. The smallest absolute Gasteiger partial charge is 0.305 e. The molecule has 3 heteroatoms. The summed E-state index contributed by atoms with van der Waals surface area (Å²) >= 11 is 0. The van der Waals surface area contributed by atoms with E-state index in [1.807, 2.05) is 18.2 Å². The normalized spacial score (nSPS) is 17.1. The van der Waals surface area contributed by atoms with Crippen LogP contribution in [-0.2, 0) is 9.53 Å². The molecular weight excluding hydrogens is 336 g/mol. The van der Waals surface area contributed by atoms with Gasteiger partial charge in [0.1, 0.15) is 0 Å². The van der Waals surface area contributed by atoms with Crippen molar-refractivity contribution < 1.29 is 14.6 Å². The van der Waals surface area contributed by atoms with E-state index in [9.17, 15) is 9.90 Å². The summed E-state index contributed by atoms with van der Waals surface area (Å²) in [5.41, 5.74) is 0. The second kappa shape index (κ2) is 15.7. The van der Waals surface area contributed by atoms with Crippen molar-refractivity contribution >= 4 is 5.97 Å². The van der Waals surface area contributed by atoms with Crippen molar-refractivity contribution in [3.05, 3.63) is 36.5 Å². The number of esters is 1. The third-order valence-electron chi connectivity index (χ3n) is 5.14. The van der Waals surface area contributed by atoms with E-state index >= 15 is 0 Å². The number of carbonyl (C=O) groups excluding carboxylic acids is 1. The zero-order valence-corrected chi connectivity index (χ0v) is 17.4. The minimum absolute atomic E-state index is 0.159. The Balaban J connectivity index is 2.19. The molecule has 0 amide bonds. The molecule has 1 aliphatic rings. The van der Waals surface area contributed by atoms with Crippen LogP contribution in [0.1, 0.15) is 84.0 Å². The first-order valence-corrected chi connectivity index (χ1v) is 10.9. The lowest BCUT2D eigenvalue weighted by molar-refractivity contribution is -0.140. The molecule has 0 aromatic heterocycles. The van der Waals surface area contributed by atoms with Crippen LogP contribution in [-0.4, -0.2) is 24.3 Å². The van der Waals surface area contributed by atoms with Gasteiger partial charge in [-0.2, -0.15) is 0 Å². The first-order chi connectivity index (χ1) is 13.2. The molecule has 0 spiro atoms. The van der Waals surface area contributed by atoms with Gasteiger partial charge in [-0.15, -0.1) is 0 Å². The zero-order valence-electron chi connectivity index (χ0n) is 17.4. The van der Waals surface area contributed by atoms with E-state index in [1.165, 1.54) is 52.1 Å². The van der Waals surface area contributed by atoms with Crippen molar-refractivity contribution in [3.63, 3.8) is 0 Å². The van der Waals surface area contributed by atoms with E-state index in [2.05, 4.69) is 29.9 Å². The van der Waals surface area contributed by atoms with Crippen LogP contribution < -0.4 is 0 Å². The quantitative estimate of drug-likeness (QED) is 0.200. The molecule has 2 atom stereocenters. The molecule has 1 aliphatic carbocycles. The number of methoxy groups -OCH3 is 1. The van der Waals surface area contributed by atoms with Gasteiger partial charge in [0.05, 0.1) is 13.2 Å². The van der Waals surface area contributed by atoms with E-state index in [0.717, 1.165) is 25.2 Å². The summed E-state index contributed by atoms with van der Waals surface area (Å²) in [5, 5.41) is 10.1. The number of hydrogen-bond acceptors (Lipinski definition) is 3. The lowest BCUT2D eigenvalue weighted by Crippen LogP contribution is -2.04. The van der Waals surface area contributed by atoms with E-state index in [1.54, 1.807) is 0 Å². The summed E-state index contributed by atoms with van der Waals surface area (Å²) in [6.45, 7) is 2.24. The van der Waals surface area contributed by atoms with Crippen molar-refractivity contribution in [2.45, 2.75) is 90.1 Å². The largest absolute Gasteiger partial charge is 0.469 e. The summed E-state index contributed by atoms with van der Waals surface area (Å²) in [5.74, 6) is 1.29. The highest BCUT2D eigenvalue weighted by molar-refractivity contribution is 5.69. The molecule has 1 fully saturated rings. The molecule has 3 nitrogen and oxygen atoms in total. The van der Waals surface area contributed by atoms with Gasteiger partial charge in [-0.3, -0.25) is 4.79 Å². The Morgan fingerprint density at radius 3 is 2.44 bits per heavy atom. The second-order valence-corrected chi connectivity index (χ2v) is 7.67. The molecule has 0 aromatic rings. The molecule has 0 bridgehead atoms. The average molecular weight is 377 g/mol. The molecular formula is C24H40O3. The van der Waals surface area contributed by atoms with Crippen molar-refractivity contribution in [2.24, 2.45) is 11.8 Å². The molecule has 0 radical (unpaired) electrons. The summed E-state index contributed by atoms with van der Waals surface area (Å²) in [7, 11) is 1.42. The summed E-state index contributed by atoms with van der Waals surface area (Å²) in [4.78, 5) is 11.0. The molecule has 1 saturated carbocycles. The number of rotatable bonds is 16. The molecule has 0 aromatic carbocycles. The van der Waals surface area contributed by atoms with Gasteiger partial charge in [0.25, 0.3) is 0 Å². The van der Waals surface area contributed by atoms with E-state index in [4.69, 9.17) is 0 Å². The molecule has 0 unspecified atom stereocenters. The van der Waals surface area contributed by atoms with Crippen molar-refractivity contribution in [1.29, 1.82) is 0 Å². The van der Waals surface area contributed by atoms with Gasteiger partial charge in [-0.05, 0) is 69.6 Å². The maximum absolute atomic E-state index is 11.0. The zero-order chi connectivity index (χ0) is 19.7. The van der Waals surface area contributed by atoms with Gasteiger partial charge in [0.2, 0.25) is 0 Å². The van der Waals surface area contributed by atoms with Gasteiger partial charge in [-0.25, -0.2) is 0 Å². The van der Waals surface area contributed by atoms with Crippen molar-refractivity contribution in [2.75, 3.05) is 7.11 Å². The SMILES string of the molecule is CCCCCC=CCC[C@@H](C=C[C@H](O)CC=CCCCC(=O)OC)C1CC1. The van der Waals surface area contributed by atoms with Crippen LogP contribution in [0.5, 0.6) is 0 Å². The number of aliphatic hydroxyl groups is 1. The molecule has 0 saturated heterocycles. The van der Waals surface area contributed by atoms with Crippen LogP contribution in [0.2, 0.25) is 0 Å². The van der Waals surface area contributed by atoms with Gasteiger partial charge >= 0.3 is 5.97 Å². The minimum atomic E-state index is -0.410. The number of aliphatic hydroxyl groups excluding tert-OH is 1. The fourth-order valence-corrected chi connectivity index (χ4v) is 3.22. The van der Waals surface area contributed by atoms with E-state index in [-0.39, 0.29) is 5.97 Å². The van der Waals surface area contributed by atoms with Crippen LogP contribution >= 0.6 is 0 Å². The van der Waals surface area contributed by atoms with Gasteiger partial charge in [0, 0.05) is 6.42 Å². The summed E-state index contributed by atoms with van der Waals surface area (Å²) in [6, 6.07) is 0. The van der Waals surface area contributed by atoms with Crippen LogP contribution in [0, 0.1) is 11.8 Å². The number of hydrogen-bond donors (Lipinski definition) is 1. The van der Waals surface area contributed by atoms with Gasteiger partial charge in [-0.1, -0.05) is 56.2 Å². The topological polar surface area (TPSA) is 46.5 Å². The monoisotopic (exact) mass is 376 g/mol. The van der Waals surface area contributed by atoms with Gasteiger partial charge < -0.3 is 9.84 Å². The number of carbonyl (C=O) groups is 1. The van der Waals surface area contributed by atoms with Crippen LogP contribution in [0.4, 0.5) is 0 Å². The van der Waals surface area contributed by atoms with Crippen LogP contribution in [0.3, 0.4) is 0 Å². The Morgan fingerprint density at radius 2 is 1.74 bits per heavy atom. The van der Waals surface area contributed by atoms with Crippen LogP contribution in [0.15, 0.2) is 36.5 Å². The maximum Gasteiger partial charge on any atom is 0.305 e. The minimum Gasteiger partial charge on any atom is -0.469 e. The highest BCUT2D eigenvalue weighted by Gasteiger charge is 2.28. The Morgan fingerprint density at radius 1 is 1.04 bits per heavy atom. The lowest BCUT2D eigenvalue weighted by Gasteiger charge is -2.11. The maximum atomic E-state index is 11.0. The third kappa shape index (κ3) is 13.5. The van der Waals surface area contributed by atoms with E-state index < -0.39 is 6.10 Å².